The van der Waals surface area contributed by atoms with Gasteiger partial charge in [0.15, 0.2) is 8.24 Å². The zero-order valence-corrected chi connectivity index (χ0v) is 29.9. The van der Waals surface area contributed by atoms with Crippen LogP contribution in [0.1, 0.15) is 99.3 Å². The Morgan fingerprint density at radius 3 is 1.24 bits per heavy atom. The van der Waals surface area contributed by atoms with E-state index >= 15 is 0 Å². The molecule has 228 valence electrons. The van der Waals surface area contributed by atoms with Crippen molar-refractivity contribution in [3.8, 4) is 0 Å². The van der Waals surface area contributed by atoms with Crippen LogP contribution in [0.5, 0.6) is 0 Å². The van der Waals surface area contributed by atoms with Crippen molar-refractivity contribution in [2.45, 2.75) is 151 Å². The Kier molecular flexibility index (Phi) is 12.0. The molecule has 0 saturated heterocycles. The average molecular weight is 633 g/mol. The second-order valence-corrected chi connectivity index (χ2v) is 30.7. The molecule has 1 unspecified atom stereocenters. The molecule has 0 radical (unpaired) electrons. The maximum atomic E-state index is 12.3. The van der Waals surface area contributed by atoms with Crippen molar-refractivity contribution >= 4 is 46.4 Å². The summed E-state index contributed by atoms with van der Waals surface area (Å²) >= 11 is 0. The first-order valence-electron chi connectivity index (χ1n) is 13.8. The van der Waals surface area contributed by atoms with Crippen LogP contribution in [0, 0.1) is 0 Å². The number of hydrogen-bond donors (Lipinski definition) is 3. The van der Waals surface area contributed by atoms with Gasteiger partial charge in [-0.3, -0.25) is 4.03 Å². The number of rotatable bonds is 6. The Labute approximate surface area is 236 Å². The number of sulfonamides is 2. The predicted octanol–water partition coefficient (Wildman–Crippen LogP) is 5.18. The van der Waals surface area contributed by atoms with Gasteiger partial charge in [0.1, 0.15) is 8.24 Å². The molecular weight excluding hydrogens is 577 g/mol. The normalized spacial score (nSPS) is 21.8. The minimum atomic E-state index is -3.17. The lowest BCUT2D eigenvalue weighted by atomic mass is 10.0. The minimum absolute atomic E-state index is 0.0593. The largest absolute Gasteiger partial charge is 0.265 e. The van der Waals surface area contributed by atoms with Crippen LogP contribution >= 0.6 is 0 Å². The van der Waals surface area contributed by atoms with Gasteiger partial charge >= 0.3 is 0 Å². The summed E-state index contributed by atoms with van der Waals surface area (Å²) in [6, 6.07) is 0. The Hall–Kier alpha value is 0.164. The van der Waals surface area contributed by atoms with Crippen LogP contribution in [-0.2, 0) is 30.0 Å². The minimum Gasteiger partial charge on any atom is -0.265 e. The first-order chi connectivity index (χ1) is 16.7. The van der Waals surface area contributed by atoms with Gasteiger partial charge in [-0.2, -0.15) is 0 Å². The molecule has 3 saturated carbocycles. The summed E-state index contributed by atoms with van der Waals surface area (Å²) in [4.78, 5) is 0. The SMILES string of the molecule is CC(C)(C)[Si](C)(C)N=S(N)(=O)C1CCC1.CC(C)(C)[Si](C)(C)NS(=O)(=O)C1CCC1.NS(=O)(=O)C1CCC1. The number of nitrogens with one attached hydrogen (secondary N) is 1. The molecule has 0 aromatic carbocycles. The quantitative estimate of drug-likeness (QED) is 0.343. The molecule has 0 spiro atoms. The Bertz CT molecular complexity index is 1120. The molecule has 0 aromatic rings. The lowest BCUT2D eigenvalue weighted by molar-refractivity contribution is 0.473. The van der Waals surface area contributed by atoms with Crippen LogP contribution in [0.4, 0.5) is 0 Å². The lowest BCUT2D eigenvalue weighted by Gasteiger charge is -2.39. The topological polar surface area (TPSA) is 162 Å². The summed E-state index contributed by atoms with van der Waals surface area (Å²) in [6.45, 7) is 21.3. The number of nitrogens with two attached hydrogens (primary N) is 2. The van der Waals surface area contributed by atoms with Crippen molar-refractivity contribution in [3.05, 3.63) is 0 Å². The molecule has 3 rings (SSSR count). The Balaban J connectivity index is 0.000000298. The second-order valence-electron chi connectivity index (χ2n) is 14.3. The molecule has 3 aliphatic carbocycles. The van der Waals surface area contributed by atoms with Crippen LogP contribution in [0.25, 0.3) is 0 Å². The van der Waals surface area contributed by atoms with E-state index in [1.54, 1.807) is 0 Å². The average Bonchev–Trinajstić information content (AvgIpc) is 2.42. The molecule has 38 heavy (non-hydrogen) atoms. The molecule has 14 heteroatoms. The molecule has 9 nitrogen and oxygen atoms in total. The van der Waals surface area contributed by atoms with E-state index in [0.717, 1.165) is 57.8 Å². The predicted molar refractivity (Wildman–Crippen MR) is 167 cm³/mol. The van der Waals surface area contributed by atoms with E-state index < -0.39 is 46.4 Å². The monoisotopic (exact) mass is 632 g/mol. The van der Waals surface area contributed by atoms with Gasteiger partial charge in [0.05, 0.1) is 25.7 Å². The van der Waals surface area contributed by atoms with Gasteiger partial charge in [0.25, 0.3) is 0 Å². The molecule has 1 atom stereocenters. The first-order valence-corrected chi connectivity index (χ1v) is 24.6. The standard InChI is InChI=1S/C10H24N2OSSi.C10H23NO2SSi.C4H9NO2S/c1-10(2,3)15(4,5)12-14(11,13)9-7-6-8-9;1-10(2,3)15(4,5)11-14(12,13)9-7-6-8-9;5-8(6,7)4-2-1-3-4/h9H,6-8H2,1-5H3,(H2,11,12,13);9,11H,6-8H2,1-5H3;4H,1-3H2,(H2,5,6,7). The summed E-state index contributed by atoms with van der Waals surface area (Å²) in [5.41, 5.74) is 0. The van der Waals surface area contributed by atoms with Crippen molar-refractivity contribution in [2.75, 3.05) is 0 Å². The van der Waals surface area contributed by atoms with Crippen molar-refractivity contribution in [3.63, 3.8) is 0 Å². The van der Waals surface area contributed by atoms with Gasteiger partial charge in [0, 0.05) is 0 Å². The van der Waals surface area contributed by atoms with Crippen molar-refractivity contribution in [1.82, 2.24) is 4.39 Å². The van der Waals surface area contributed by atoms with E-state index in [4.69, 9.17) is 10.3 Å². The highest BCUT2D eigenvalue weighted by Gasteiger charge is 2.42. The van der Waals surface area contributed by atoms with Crippen molar-refractivity contribution < 1.29 is 21.0 Å². The van der Waals surface area contributed by atoms with E-state index in [9.17, 15) is 21.0 Å². The fourth-order valence-electron chi connectivity index (χ4n) is 3.25. The lowest BCUT2D eigenvalue weighted by Crippen LogP contribution is -2.57. The zero-order valence-electron chi connectivity index (χ0n) is 25.5. The van der Waals surface area contributed by atoms with Gasteiger partial charge in [-0.05, 0) is 61.7 Å². The zero-order chi connectivity index (χ0) is 30.0. The van der Waals surface area contributed by atoms with Crippen LogP contribution in [0.15, 0.2) is 4.03 Å². The van der Waals surface area contributed by atoms with E-state index in [1.165, 1.54) is 0 Å². The highest BCUT2D eigenvalue weighted by Crippen LogP contribution is 2.39. The van der Waals surface area contributed by atoms with Gasteiger partial charge in [-0.25, -0.2) is 35.7 Å². The highest BCUT2D eigenvalue weighted by atomic mass is 32.2. The van der Waals surface area contributed by atoms with Crippen LogP contribution in [-0.4, -0.2) is 53.3 Å². The molecule has 3 aliphatic rings. The van der Waals surface area contributed by atoms with Gasteiger partial charge in [-0.15, -0.1) is 0 Å². The van der Waals surface area contributed by atoms with E-state index in [1.807, 2.05) is 0 Å². The summed E-state index contributed by atoms with van der Waals surface area (Å²) in [6.07, 6.45) is 8.42. The van der Waals surface area contributed by atoms with Gasteiger partial charge in [-0.1, -0.05) is 73.9 Å². The number of hydrogen-bond acceptors (Lipinski definition) is 6. The van der Waals surface area contributed by atoms with Crippen LogP contribution in [0.2, 0.25) is 36.3 Å². The maximum absolute atomic E-state index is 12.3. The van der Waals surface area contributed by atoms with Gasteiger partial charge in [0.2, 0.25) is 20.0 Å². The van der Waals surface area contributed by atoms with E-state index in [2.05, 4.69) is 76.1 Å². The van der Waals surface area contributed by atoms with E-state index in [-0.39, 0.29) is 25.8 Å². The molecular formula is C24H56N4O5S3Si2. The van der Waals surface area contributed by atoms with Crippen molar-refractivity contribution in [1.29, 1.82) is 0 Å². The Morgan fingerprint density at radius 1 is 0.658 bits per heavy atom. The molecule has 3 fully saturated rings. The molecule has 0 heterocycles. The molecule has 0 bridgehead atoms. The summed E-state index contributed by atoms with van der Waals surface area (Å²) in [7, 11) is -12.4. The summed E-state index contributed by atoms with van der Waals surface area (Å²) < 4.78 is 64.6. The van der Waals surface area contributed by atoms with Crippen LogP contribution in [0.3, 0.4) is 0 Å². The summed E-state index contributed by atoms with van der Waals surface area (Å²) in [5, 5.41) is 10.7. The van der Waals surface area contributed by atoms with Crippen LogP contribution < -0.4 is 14.7 Å². The third-order valence-electron chi connectivity index (χ3n) is 9.02. The van der Waals surface area contributed by atoms with E-state index in [0.29, 0.717) is 0 Å². The third kappa shape index (κ3) is 10.2. The summed E-state index contributed by atoms with van der Waals surface area (Å²) in [5.74, 6) is 0. The van der Waals surface area contributed by atoms with Crippen molar-refractivity contribution in [2.24, 2.45) is 14.3 Å². The number of primary sulfonamides is 1. The molecule has 0 aliphatic heterocycles. The maximum Gasteiger partial charge on any atom is 0.211 e. The molecule has 5 N–H and O–H groups in total. The highest BCUT2D eigenvalue weighted by molar-refractivity contribution is 7.93. The molecule has 0 amide bonds. The van der Waals surface area contributed by atoms with Gasteiger partial charge < -0.3 is 0 Å². The molecule has 0 aromatic heterocycles. The third-order valence-corrected chi connectivity index (χ3v) is 26.8. The number of nitrogens with zero attached hydrogens (tertiary/aromatic N) is 1. The smallest absolute Gasteiger partial charge is 0.211 e. The first kappa shape index (κ1) is 36.2. The Morgan fingerprint density at radius 2 is 1.03 bits per heavy atom. The fourth-order valence-corrected chi connectivity index (χ4v) is 15.5. The second kappa shape index (κ2) is 12.6. The fraction of sp³-hybridized carbons (Fsp3) is 1.00.